The van der Waals surface area contributed by atoms with Gasteiger partial charge in [0.05, 0.1) is 21.7 Å². The Hall–Kier alpha value is -2.42. The number of H-pyrrole nitrogens is 2. The lowest BCUT2D eigenvalue weighted by Gasteiger charge is -2.06. The van der Waals surface area contributed by atoms with Crippen LogP contribution in [0, 0.1) is 0 Å². The Morgan fingerprint density at radius 1 is 1.10 bits per heavy atom. The normalized spacial score (nSPS) is 11.6. The van der Waals surface area contributed by atoms with Crippen LogP contribution in [0.25, 0.3) is 11.0 Å². The first-order valence-electron chi connectivity index (χ1n) is 5.48. The molecule has 0 fully saturated rings. The van der Waals surface area contributed by atoms with E-state index in [2.05, 4.69) is 9.97 Å². The molecule has 8 nitrogen and oxygen atoms in total. The van der Waals surface area contributed by atoms with Gasteiger partial charge in [0.2, 0.25) is 0 Å². The summed E-state index contributed by atoms with van der Waals surface area (Å²) in [6.45, 7) is 0. The summed E-state index contributed by atoms with van der Waals surface area (Å²) >= 11 is 0. The van der Waals surface area contributed by atoms with Crippen molar-refractivity contribution in [3.63, 3.8) is 0 Å². The third-order valence-electron chi connectivity index (χ3n) is 2.63. The fourth-order valence-electron chi connectivity index (χ4n) is 1.62. The zero-order valence-electron chi connectivity index (χ0n) is 10.0. The van der Waals surface area contributed by atoms with Gasteiger partial charge in [-0.3, -0.25) is 9.59 Å². The fourth-order valence-corrected chi connectivity index (χ4v) is 2.87. The van der Waals surface area contributed by atoms with E-state index in [1.807, 2.05) is 0 Å². The van der Waals surface area contributed by atoms with Gasteiger partial charge >= 0.3 is 11.1 Å². The number of fused-ring (bicyclic) bond motifs is 1. The van der Waals surface area contributed by atoms with Crippen molar-refractivity contribution in [2.45, 2.75) is 11.3 Å². The van der Waals surface area contributed by atoms with Crippen molar-refractivity contribution in [1.82, 2.24) is 9.97 Å². The third kappa shape index (κ3) is 2.77. The SMILES string of the molecule is O=C([O-])CCS(=O)(=O)c1ccc2[nH]c(=O)c(=O)[nH]c2c1. The Morgan fingerprint density at radius 2 is 1.70 bits per heavy atom. The van der Waals surface area contributed by atoms with Crippen LogP contribution in [0.4, 0.5) is 0 Å². The number of rotatable bonds is 4. The van der Waals surface area contributed by atoms with Gasteiger partial charge in [-0.1, -0.05) is 0 Å². The number of carboxylic acid groups (broad SMARTS) is 1. The molecular formula is C11H9N2O6S-. The van der Waals surface area contributed by atoms with Crippen LogP contribution in [0.15, 0.2) is 32.7 Å². The number of carboxylic acids is 1. The first-order valence-corrected chi connectivity index (χ1v) is 7.14. The van der Waals surface area contributed by atoms with Crippen molar-refractivity contribution in [2.24, 2.45) is 0 Å². The monoisotopic (exact) mass is 297 g/mol. The molecule has 0 unspecified atom stereocenters. The van der Waals surface area contributed by atoms with Gasteiger partial charge < -0.3 is 19.9 Å². The van der Waals surface area contributed by atoms with Crippen molar-refractivity contribution in [2.75, 3.05) is 5.75 Å². The molecular weight excluding hydrogens is 288 g/mol. The number of aromatic nitrogens is 2. The van der Waals surface area contributed by atoms with Crippen LogP contribution in [0.3, 0.4) is 0 Å². The average molecular weight is 297 g/mol. The van der Waals surface area contributed by atoms with Gasteiger partial charge in [-0.15, -0.1) is 0 Å². The van der Waals surface area contributed by atoms with Gasteiger partial charge in [-0.25, -0.2) is 8.42 Å². The first-order chi connectivity index (χ1) is 9.29. The third-order valence-corrected chi connectivity index (χ3v) is 4.34. The summed E-state index contributed by atoms with van der Waals surface area (Å²) in [5, 5.41) is 10.3. The lowest BCUT2D eigenvalue weighted by atomic mass is 10.3. The average Bonchev–Trinajstić information content (AvgIpc) is 2.37. The van der Waals surface area contributed by atoms with E-state index >= 15 is 0 Å². The minimum Gasteiger partial charge on any atom is -0.550 e. The predicted molar refractivity (Wildman–Crippen MR) is 66.9 cm³/mol. The lowest BCUT2D eigenvalue weighted by molar-refractivity contribution is -0.305. The maximum atomic E-state index is 11.9. The van der Waals surface area contributed by atoms with Gasteiger partial charge in [0.25, 0.3) is 0 Å². The summed E-state index contributed by atoms with van der Waals surface area (Å²) in [6, 6.07) is 3.71. The molecule has 2 aromatic rings. The van der Waals surface area contributed by atoms with Crippen LogP contribution in [-0.4, -0.2) is 30.1 Å². The van der Waals surface area contributed by atoms with Crippen LogP contribution >= 0.6 is 0 Å². The molecule has 1 heterocycles. The summed E-state index contributed by atoms with van der Waals surface area (Å²) in [4.78, 5) is 37.0. The number of sulfone groups is 1. The molecule has 0 spiro atoms. The van der Waals surface area contributed by atoms with E-state index in [1.165, 1.54) is 12.1 Å². The maximum absolute atomic E-state index is 11.9. The summed E-state index contributed by atoms with van der Waals surface area (Å²) < 4.78 is 23.8. The first kappa shape index (κ1) is 14.0. The molecule has 0 atom stereocenters. The molecule has 9 heteroatoms. The second-order valence-electron chi connectivity index (χ2n) is 4.06. The number of nitrogens with one attached hydrogen (secondary N) is 2. The van der Waals surface area contributed by atoms with Gasteiger partial charge in [-0.2, -0.15) is 0 Å². The lowest BCUT2D eigenvalue weighted by Crippen LogP contribution is -2.29. The van der Waals surface area contributed by atoms with Crippen molar-refractivity contribution in [3.8, 4) is 0 Å². The molecule has 106 valence electrons. The summed E-state index contributed by atoms with van der Waals surface area (Å²) in [5.74, 6) is -2.07. The Balaban J connectivity index is 2.51. The summed E-state index contributed by atoms with van der Waals surface area (Å²) in [6.07, 6.45) is -0.623. The molecule has 0 aliphatic carbocycles. The molecule has 20 heavy (non-hydrogen) atoms. The van der Waals surface area contributed by atoms with E-state index in [0.29, 0.717) is 0 Å². The highest BCUT2D eigenvalue weighted by Gasteiger charge is 2.15. The van der Waals surface area contributed by atoms with E-state index < -0.39 is 39.1 Å². The van der Waals surface area contributed by atoms with Gasteiger partial charge in [0.1, 0.15) is 0 Å². The highest BCUT2D eigenvalue weighted by atomic mass is 32.2. The maximum Gasteiger partial charge on any atom is 0.314 e. The molecule has 0 amide bonds. The minimum atomic E-state index is -3.80. The van der Waals surface area contributed by atoms with E-state index in [9.17, 15) is 27.9 Å². The van der Waals surface area contributed by atoms with Crippen molar-refractivity contribution >= 4 is 26.8 Å². The van der Waals surface area contributed by atoms with Crippen LogP contribution < -0.4 is 16.2 Å². The molecule has 0 saturated carbocycles. The molecule has 1 aromatic heterocycles. The smallest absolute Gasteiger partial charge is 0.314 e. The zero-order valence-corrected chi connectivity index (χ0v) is 10.8. The van der Waals surface area contributed by atoms with Crippen LogP contribution in [-0.2, 0) is 14.6 Å². The van der Waals surface area contributed by atoms with Gasteiger partial charge in [0, 0.05) is 12.4 Å². The molecule has 2 rings (SSSR count). The van der Waals surface area contributed by atoms with E-state index in [4.69, 9.17) is 0 Å². The van der Waals surface area contributed by atoms with Crippen molar-refractivity contribution < 1.29 is 18.3 Å². The van der Waals surface area contributed by atoms with Crippen LogP contribution in [0.2, 0.25) is 0 Å². The molecule has 0 bridgehead atoms. The Morgan fingerprint density at radius 3 is 2.30 bits per heavy atom. The highest BCUT2D eigenvalue weighted by Crippen LogP contribution is 2.16. The van der Waals surface area contributed by atoms with Crippen molar-refractivity contribution in [3.05, 3.63) is 38.9 Å². The number of carbonyl (C=O) groups is 1. The zero-order chi connectivity index (χ0) is 14.9. The number of hydrogen-bond acceptors (Lipinski definition) is 6. The molecule has 0 radical (unpaired) electrons. The number of aliphatic carboxylic acids is 1. The van der Waals surface area contributed by atoms with Gasteiger partial charge in [0.15, 0.2) is 9.84 Å². The largest absolute Gasteiger partial charge is 0.550 e. The number of benzene rings is 1. The second-order valence-corrected chi connectivity index (χ2v) is 6.17. The van der Waals surface area contributed by atoms with E-state index in [-0.39, 0.29) is 15.9 Å². The van der Waals surface area contributed by atoms with Crippen LogP contribution in [0.1, 0.15) is 6.42 Å². The number of aromatic amines is 2. The molecule has 2 N–H and O–H groups in total. The Labute approximate surface area is 112 Å². The second kappa shape index (κ2) is 4.93. The van der Waals surface area contributed by atoms with Crippen molar-refractivity contribution in [1.29, 1.82) is 0 Å². The molecule has 1 aromatic carbocycles. The summed E-state index contributed by atoms with van der Waals surface area (Å²) in [7, 11) is -3.80. The van der Waals surface area contributed by atoms with E-state index in [0.717, 1.165) is 6.07 Å². The quantitative estimate of drug-likeness (QED) is 0.633. The molecule has 0 aliphatic heterocycles. The molecule has 0 saturated heterocycles. The highest BCUT2D eigenvalue weighted by molar-refractivity contribution is 7.91. The van der Waals surface area contributed by atoms with Crippen LogP contribution in [0.5, 0.6) is 0 Å². The predicted octanol–water partition coefficient (Wildman–Crippen LogP) is -1.87. The standard InChI is InChI=1S/C11H10N2O6S/c14-9(15)3-4-20(18,19)6-1-2-7-8(5-6)13-11(17)10(16)12-7/h1-2,5H,3-4H2,(H,12,16)(H,13,17)(H,14,15)/p-1. The molecule has 0 aliphatic rings. The summed E-state index contributed by atoms with van der Waals surface area (Å²) in [5.41, 5.74) is -1.33. The van der Waals surface area contributed by atoms with E-state index in [1.54, 1.807) is 0 Å². The minimum absolute atomic E-state index is 0.143. The number of carbonyl (C=O) groups excluding carboxylic acids is 1. The Kier molecular flexibility index (Phi) is 3.45. The van der Waals surface area contributed by atoms with Gasteiger partial charge in [-0.05, 0) is 18.2 Å². The topological polar surface area (TPSA) is 140 Å². The Bertz CT molecular complexity index is 893. The fraction of sp³-hybridized carbons (Fsp3) is 0.182. The number of hydrogen-bond donors (Lipinski definition) is 2.